The molecule has 112 valence electrons. The zero-order chi connectivity index (χ0) is 14.2. The zero-order valence-electron chi connectivity index (χ0n) is 12.1. The first-order valence-electron chi connectivity index (χ1n) is 7.34. The highest BCUT2D eigenvalue weighted by Gasteiger charge is 2.19. The predicted molar refractivity (Wildman–Crippen MR) is 76.4 cm³/mol. The number of furan rings is 1. The summed E-state index contributed by atoms with van der Waals surface area (Å²) < 4.78 is 10.6. The van der Waals surface area contributed by atoms with E-state index in [4.69, 9.17) is 9.15 Å². The molecule has 0 bridgehead atoms. The van der Waals surface area contributed by atoms with Gasteiger partial charge in [0, 0.05) is 20.2 Å². The summed E-state index contributed by atoms with van der Waals surface area (Å²) >= 11 is 0. The molecular formula is C15H24N2O3. The van der Waals surface area contributed by atoms with E-state index in [1.165, 1.54) is 12.8 Å². The number of carbonyl (C=O) groups is 1. The van der Waals surface area contributed by atoms with Crippen LogP contribution in [0, 0.1) is 0 Å². The van der Waals surface area contributed by atoms with Gasteiger partial charge in [-0.05, 0) is 25.0 Å². The van der Waals surface area contributed by atoms with Crippen LogP contribution in [0.15, 0.2) is 22.8 Å². The van der Waals surface area contributed by atoms with Gasteiger partial charge in [-0.25, -0.2) is 0 Å². The van der Waals surface area contributed by atoms with Crippen LogP contribution in [-0.2, 0) is 9.53 Å². The van der Waals surface area contributed by atoms with Crippen LogP contribution in [0.3, 0.4) is 0 Å². The molecule has 0 aliphatic carbocycles. The molecule has 0 spiro atoms. The maximum Gasteiger partial charge on any atom is 0.236 e. The largest absolute Gasteiger partial charge is 0.468 e. The predicted octanol–water partition coefficient (Wildman–Crippen LogP) is 1.96. The van der Waals surface area contributed by atoms with Crippen molar-refractivity contribution in [2.24, 2.45) is 0 Å². The lowest BCUT2D eigenvalue weighted by molar-refractivity contribution is -0.130. The van der Waals surface area contributed by atoms with Gasteiger partial charge in [0.05, 0.1) is 25.5 Å². The number of carbonyl (C=O) groups excluding carboxylic acids is 1. The third kappa shape index (κ3) is 4.35. The summed E-state index contributed by atoms with van der Waals surface area (Å²) in [6, 6.07) is 3.66. The minimum Gasteiger partial charge on any atom is -0.468 e. The molecule has 1 fully saturated rings. The monoisotopic (exact) mass is 280 g/mol. The fourth-order valence-corrected chi connectivity index (χ4v) is 2.54. The average Bonchev–Trinajstić information content (AvgIpc) is 2.85. The van der Waals surface area contributed by atoms with Crippen molar-refractivity contribution in [2.45, 2.75) is 31.7 Å². The van der Waals surface area contributed by atoms with Crippen molar-refractivity contribution in [3.63, 3.8) is 0 Å². The maximum atomic E-state index is 12.2. The molecule has 1 aliphatic heterocycles. The number of nitrogens with zero attached hydrogens (tertiary/aromatic N) is 1. The van der Waals surface area contributed by atoms with E-state index in [1.54, 1.807) is 13.4 Å². The summed E-state index contributed by atoms with van der Waals surface area (Å²) in [6.07, 6.45) is 6.33. The Bertz CT molecular complexity index is 384. The van der Waals surface area contributed by atoms with Crippen molar-refractivity contribution in [1.82, 2.24) is 10.2 Å². The molecule has 1 saturated heterocycles. The Morgan fingerprint density at radius 2 is 2.15 bits per heavy atom. The van der Waals surface area contributed by atoms with Gasteiger partial charge in [0.15, 0.2) is 0 Å². The van der Waals surface area contributed by atoms with E-state index in [-0.39, 0.29) is 11.9 Å². The molecule has 5 nitrogen and oxygen atoms in total. The Hall–Kier alpha value is -1.33. The molecule has 2 heterocycles. The van der Waals surface area contributed by atoms with Crippen LogP contribution >= 0.6 is 0 Å². The van der Waals surface area contributed by atoms with Crippen LogP contribution in [0.1, 0.15) is 37.5 Å². The third-order valence-electron chi connectivity index (χ3n) is 3.68. The molecule has 5 heteroatoms. The molecule has 1 aromatic rings. The van der Waals surface area contributed by atoms with Gasteiger partial charge in [-0.3, -0.25) is 10.1 Å². The molecule has 0 unspecified atom stereocenters. The Labute approximate surface area is 120 Å². The summed E-state index contributed by atoms with van der Waals surface area (Å²) in [7, 11) is 1.65. The highest BCUT2D eigenvalue weighted by molar-refractivity contribution is 5.78. The van der Waals surface area contributed by atoms with Crippen LogP contribution in [-0.4, -0.2) is 44.2 Å². The average molecular weight is 280 g/mol. The van der Waals surface area contributed by atoms with Crippen LogP contribution in [0.25, 0.3) is 0 Å². The number of hydrogen-bond donors (Lipinski definition) is 1. The first-order valence-corrected chi connectivity index (χ1v) is 7.34. The van der Waals surface area contributed by atoms with Crippen LogP contribution < -0.4 is 5.32 Å². The van der Waals surface area contributed by atoms with Crippen LogP contribution in [0.5, 0.6) is 0 Å². The highest BCUT2D eigenvalue weighted by atomic mass is 16.5. The second-order valence-corrected chi connectivity index (χ2v) is 5.20. The summed E-state index contributed by atoms with van der Waals surface area (Å²) in [5.74, 6) is 0.968. The van der Waals surface area contributed by atoms with Gasteiger partial charge >= 0.3 is 0 Å². The first kappa shape index (κ1) is 15.1. The lowest BCUT2D eigenvalue weighted by Crippen LogP contribution is -2.40. The molecular weight excluding hydrogens is 256 g/mol. The minimum atomic E-state index is -0.0778. The smallest absolute Gasteiger partial charge is 0.236 e. The van der Waals surface area contributed by atoms with Crippen molar-refractivity contribution < 1.29 is 13.9 Å². The molecule has 0 radical (unpaired) electrons. The lowest BCUT2D eigenvalue weighted by Gasteiger charge is -2.22. The molecule has 0 aromatic carbocycles. The number of amides is 1. The van der Waals surface area contributed by atoms with Gasteiger partial charge in [-0.2, -0.15) is 0 Å². The minimum absolute atomic E-state index is 0.0778. The highest BCUT2D eigenvalue weighted by Crippen LogP contribution is 2.14. The van der Waals surface area contributed by atoms with Gasteiger partial charge in [0.25, 0.3) is 0 Å². The fraction of sp³-hybridized carbons (Fsp3) is 0.667. The third-order valence-corrected chi connectivity index (χ3v) is 3.68. The van der Waals surface area contributed by atoms with Crippen molar-refractivity contribution in [3.05, 3.63) is 24.2 Å². The van der Waals surface area contributed by atoms with Crippen molar-refractivity contribution in [2.75, 3.05) is 33.4 Å². The molecule has 1 atom stereocenters. The van der Waals surface area contributed by atoms with E-state index in [9.17, 15) is 4.79 Å². The maximum absolute atomic E-state index is 12.2. The summed E-state index contributed by atoms with van der Waals surface area (Å²) in [4.78, 5) is 14.2. The van der Waals surface area contributed by atoms with E-state index >= 15 is 0 Å². The molecule has 1 amide bonds. The van der Waals surface area contributed by atoms with E-state index < -0.39 is 0 Å². The molecule has 1 aliphatic rings. The Kier molecular flexibility index (Phi) is 6.08. The number of ether oxygens (including phenoxy) is 1. The zero-order valence-corrected chi connectivity index (χ0v) is 12.1. The van der Waals surface area contributed by atoms with Gasteiger partial charge in [-0.1, -0.05) is 12.8 Å². The Morgan fingerprint density at radius 3 is 2.75 bits per heavy atom. The van der Waals surface area contributed by atoms with Gasteiger partial charge in [-0.15, -0.1) is 0 Å². The van der Waals surface area contributed by atoms with E-state index in [0.717, 1.165) is 31.7 Å². The molecule has 0 saturated carbocycles. The number of methoxy groups -OCH3 is 1. The second-order valence-electron chi connectivity index (χ2n) is 5.20. The molecule has 20 heavy (non-hydrogen) atoms. The second kappa shape index (κ2) is 8.07. The van der Waals surface area contributed by atoms with Crippen molar-refractivity contribution >= 4 is 5.91 Å². The SMILES string of the molecule is COC[C@H](NCC(=O)N1CCCCCC1)c1ccco1. The van der Waals surface area contributed by atoms with Crippen LogP contribution in [0.2, 0.25) is 0 Å². The fourth-order valence-electron chi connectivity index (χ4n) is 2.54. The van der Waals surface area contributed by atoms with Crippen LogP contribution in [0.4, 0.5) is 0 Å². The van der Waals surface area contributed by atoms with Gasteiger partial charge in [0.2, 0.25) is 5.91 Å². The number of nitrogens with one attached hydrogen (secondary N) is 1. The number of likely N-dealkylation sites (tertiary alicyclic amines) is 1. The number of rotatable bonds is 6. The summed E-state index contributed by atoms with van der Waals surface area (Å²) in [6.45, 7) is 2.59. The standard InChI is InChI=1S/C15H24N2O3/c1-19-12-13(14-7-6-10-20-14)16-11-15(18)17-8-4-2-3-5-9-17/h6-7,10,13,16H,2-5,8-9,11-12H2,1H3/t13-/m0/s1. The van der Waals surface area contributed by atoms with Crippen molar-refractivity contribution in [3.8, 4) is 0 Å². The molecule has 1 N–H and O–H groups in total. The number of hydrogen-bond acceptors (Lipinski definition) is 4. The van der Waals surface area contributed by atoms with Gasteiger partial charge in [0.1, 0.15) is 5.76 Å². The quantitative estimate of drug-likeness (QED) is 0.865. The summed E-state index contributed by atoms with van der Waals surface area (Å²) in [5, 5.41) is 3.23. The van der Waals surface area contributed by atoms with Crippen molar-refractivity contribution in [1.29, 1.82) is 0 Å². The first-order chi connectivity index (χ1) is 9.81. The summed E-state index contributed by atoms with van der Waals surface area (Å²) in [5.41, 5.74) is 0. The lowest BCUT2D eigenvalue weighted by atomic mass is 10.2. The Morgan fingerprint density at radius 1 is 1.40 bits per heavy atom. The normalized spacial score (nSPS) is 17.8. The van der Waals surface area contributed by atoms with Gasteiger partial charge < -0.3 is 14.1 Å². The topological polar surface area (TPSA) is 54.7 Å². The molecule has 2 rings (SSSR count). The van der Waals surface area contributed by atoms with E-state index in [2.05, 4.69) is 5.32 Å². The van der Waals surface area contributed by atoms with E-state index in [1.807, 2.05) is 17.0 Å². The van der Waals surface area contributed by atoms with E-state index in [0.29, 0.717) is 13.2 Å². The Balaban J connectivity index is 1.83. The molecule has 1 aromatic heterocycles.